The molecular formula is C13H7ClN. The van der Waals surface area contributed by atoms with Crippen LogP contribution in [0.5, 0.6) is 0 Å². The fourth-order valence-electron chi connectivity index (χ4n) is 1.33. The van der Waals surface area contributed by atoms with E-state index < -0.39 is 0 Å². The first-order valence-electron chi connectivity index (χ1n) is 4.47. The third-order valence-corrected chi connectivity index (χ3v) is 2.32. The molecule has 71 valence electrons. The van der Waals surface area contributed by atoms with Gasteiger partial charge in [0.25, 0.3) is 0 Å². The number of halogens is 1. The van der Waals surface area contributed by atoms with Crippen LogP contribution in [0.15, 0.2) is 42.5 Å². The molecule has 0 N–H and O–H groups in total. The van der Waals surface area contributed by atoms with Gasteiger partial charge in [0.1, 0.15) is 0 Å². The second-order valence-corrected chi connectivity index (χ2v) is 3.55. The van der Waals surface area contributed by atoms with Crippen molar-refractivity contribution >= 4 is 11.6 Å². The number of nitrogens with zero attached hydrogens (tertiary/aromatic N) is 1. The Morgan fingerprint density at radius 2 is 1.87 bits per heavy atom. The van der Waals surface area contributed by atoms with Gasteiger partial charge in [-0.3, -0.25) is 0 Å². The third-order valence-electron chi connectivity index (χ3n) is 2.09. The summed E-state index contributed by atoms with van der Waals surface area (Å²) in [4.78, 5) is 0. The van der Waals surface area contributed by atoms with Crippen LogP contribution in [0.1, 0.15) is 5.56 Å². The molecule has 0 atom stereocenters. The molecule has 0 aliphatic carbocycles. The predicted octanol–water partition coefficient (Wildman–Crippen LogP) is 3.68. The van der Waals surface area contributed by atoms with E-state index in [1.165, 1.54) is 0 Å². The van der Waals surface area contributed by atoms with Crippen molar-refractivity contribution in [2.45, 2.75) is 0 Å². The lowest BCUT2D eigenvalue weighted by Gasteiger charge is -2.01. The van der Waals surface area contributed by atoms with Crippen LogP contribution in [0.2, 0.25) is 5.02 Å². The van der Waals surface area contributed by atoms with Gasteiger partial charge >= 0.3 is 0 Å². The molecule has 2 aromatic rings. The molecule has 0 aliphatic heterocycles. The van der Waals surface area contributed by atoms with Gasteiger partial charge < -0.3 is 0 Å². The molecule has 0 heterocycles. The van der Waals surface area contributed by atoms with Gasteiger partial charge in [-0.2, -0.15) is 5.26 Å². The third kappa shape index (κ3) is 2.18. The fourth-order valence-corrected chi connectivity index (χ4v) is 1.50. The Balaban J connectivity index is 2.42. The van der Waals surface area contributed by atoms with Gasteiger partial charge in [0.05, 0.1) is 11.6 Å². The molecule has 1 nitrogen and oxygen atoms in total. The molecule has 0 saturated heterocycles. The lowest BCUT2D eigenvalue weighted by molar-refractivity contribution is 1.48. The zero-order valence-electron chi connectivity index (χ0n) is 7.87. The van der Waals surface area contributed by atoms with Crippen LogP contribution < -0.4 is 0 Å². The maximum absolute atomic E-state index is 8.66. The van der Waals surface area contributed by atoms with E-state index in [0.717, 1.165) is 11.1 Å². The van der Waals surface area contributed by atoms with Gasteiger partial charge in [0.2, 0.25) is 0 Å². The lowest BCUT2D eigenvalue weighted by Crippen LogP contribution is -1.79. The minimum atomic E-state index is 0.653. The number of rotatable bonds is 1. The standard InChI is InChI=1S/C13H7ClN/c14-13-3-1-2-12(8-13)11-6-4-10(9-15)5-7-11/h1,3-8H. The molecule has 1 radical (unpaired) electrons. The molecule has 0 fully saturated rings. The van der Waals surface area contributed by atoms with Gasteiger partial charge in [-0.15, -0.1) is 0 Å². The highest BCUT2D eigenvalue weighted by Crippen LogP contribution is 2.22. The van der Waals surface area contributed by atoms with Crippen LogP contribution in [-0.4, -0.2) is 0 Å². The highest BCUT2D eigenvalue weighted by molar-refractivity contribution is 6.30. The summed E-state index contributed by atoms with van der Waals surface area (Å²) in [6, 6.07) is 17.9. The van der Waals surface area contributed by atoms with E-state index in [9.17, 15) is 0 Å². The smallest absolute Gasteiger partial charge is 0.0991 e. The van der Waals surface area contributed by atoms with E-state index in [2.05, 4.69) is 12.1 Å². The topological polar surface area (TPSA) is 23.8 Å². The minimum Gasteiger partial charge on any atom is -0.192 e. The maximum atomic E-state index is 8.66. The van der Waals surface area contributed by atoms with Gasteiger partial charge in [-0.25, -0.2) is 0 Å². The lowest BCUT2D eigenvalue weighted by atomic mass is 10.0. The zero-order chi connectivity index (χ0) is 10.7. The molecule has 15 heavy (non-hydrogen) atoms. The van der Waals surface area contributed by atoms with Crippen LogP contribution in [0.4, 0.5) is 0 Å². The Morgan fingerprint density at radius 3 is 2.47 bits per heavy atom. The molecule has 0 aromatic heterocycles. The summed E-state index contributed by atoms with van der Waals surface area (Å²) in [6.07, 6.45) is 0. The molecule has 2 rings (SSSR count). The van der Waals surface area contributed by atoms with E-state index in [1.807, 2.05) is 18.2 Å². The van der Waals surface area contributed by atoms with E-state index in [1.54, 1.807) is 24.3 Å². The first-order valence-corrected chi connectivity index (χ1v) is 4.85. The fraction of sp³-hybridized carbons (Fsp3) is 0. The summed E-state index contributed by atoms with van der Waals surface area (Å²) in [5.41, 5.74) is 2.60. The van der Waals surface area contributed by atoms with Crippen LogP contribution in [-0.2, 0) is 0 Å². The van der Waals surface area contributed by atoms with Crippen LogP contribution in [0.25, 0.3) is 11.1 Å². The van der Waals surface area contributed by atoms with E-state index in [0.29, 0.717) is 10.6 Å². The maximum Gasteiger partial charge on any atom is 0.0991 e. The van der Waals surface area contributed by atoms with Gasteiger partial charge in [-0.05, 0) is 41.5 Å². The Morgan fingerprint density at radius 1 is 1.13 bits per heavy atom. The minimum absolute atomic E-state index is 0.653. The second-order valence-electron chi connectivity index (χ2n) is 3.11. The molecule has 0 unspecified atom stereocenters. The van der Waals surface area contributed by atoms with Gasteiger partial charge in [0.15, 0.2) is 0 Å². The highest BCUT2D eigenvalue weighted by atomic mass is 35.5. The number of nitriles is 1. The van der Waals surface area contributed by atoms with Crippen molar-refractivity contribution in [2.75, 3.05) is 0 Å². The van der Waals surface area contributed by atoms with Crippen LogP contribution in [0.3, 0.4) is 0 Å². The summed E-state index contributed by atoms with van der Waals surface area (Å²) in [5.74, 6) is 0. The first kappa shape index (κ1) is 9.76. The van der Waals surface area contributed by atoms with Crippen molar-refractivity contribution in [1.29, 1.82) is 5.26 Å². The predicted molar refractivity (Wildman–Crippen MR) is 60.4 cm³/mol. The normalized spacial score (nSPS) is 9.60. The van der Waals surface area contributed by atoms with Crippen molar-refractivity contribution in [1.82, 2.24) is 0 Å². The average Bonchev–Trinajstić information content (AvgIpc) is 2.29. The first-order chi connectivity index (χ1) is 7.29. The average molecular weight is 213 g/mol. The summed E-state index contributed by atoms with van der Waals surface area (Å²) in [6.45, 7) is 0. The van der Waals surface area contributed by atoms with Crippen molar-refractivity contribution in [3.05, 3.63) is 59.1 Å². The Labute approximate surface area is 93.5 Å². The van der Waals surface area contributed by atoms with Crippen LogP contribution >= 0.6 is 11.6 Å². The second kappa shape index (κ2) is 4.16. The van der Waals surface area contributed by atoms with E-state index >= 15 is 0 Å². The SMILES string of the molecule is N#Cc1ccc(-c2[c]ccc(Cl)c2)cc1. The summed E-state index contributed by atoms with van der Waals surface area (Å²) < 4.78 is 0. The quantitative estimate of drug-likeness (QED) is 0.708. The molecule has 0 spiro atoms. The van der Waals surface area contributed by atoms with E-state index in [-0.39, 0.29) is 0 Å². The molecule has 0 aliphatic rings. The summed E-state index contributed by atoms with van der Waals surface area (Å²) in [5, 5.41) is 9.35. The summed E-state index contributed by atoms with van der Waals surface area (Å²) in [7, 11) is 0. The largest absolute Gasteiger partial charge is 0.192 e. The van der Waals surface area contributed by atoms with E-state index in [4.69, 9.17) is 16.9 Å². The molecular weight excluding hydrogens is 206 g/mol. The molecule has 2 heteroatoms. The Hall–Kier alpha value is -1.78. The van der Waals surface area contributed by atoms with Crippen molar-refractivity contribution in [3.63, 3.8) is 0 Å². The van der Waals surface area contributed by atoms with Crippen molar-refractivity contribution < 1.29 is 0 Å². The highest BCUT2D eigenvalue weighted by Gasteiger charge is 1.98. The molecule has 2 aromatic carbocycles. The van der Waals surface area contributed by atoms with Gasteiger partial charge in [-0.1, -0.05) is 29.8 Å². The molecule has 0 saturated carbocycles. The molecule has 0 amide bonds. The van der Waals surface area contributed by atoms with Crippen molar-refractivity contribution in [3.8, 4) is 17.2 Å². The monoisotopic (exact) mass is 212 g/mol. The van der Waals surface area contributed by atoms with Gasteiger partial charge in [0, 0.05) is 5.02 Å². The molecule has 0 bridgehead atoms. The zero-order valence-corrected chi connectivity index (χ0v) is 8.62. The number of benzene rings is 2. The van der Waals surface area contributed by atoms with Crippen molar-refractivity contribution in [2.24, 2.45) is 0 Å². The Kier molecular flexibility index (Phi) is 2.71. The van der Waals surface area contributed by atoms with Crippen LogP contribution in [0, 0.1) is 17.4 Å². The Bertz CT molecular complexity index is 509. The summed E-state index contributed by atoms with van der Waals surface area (Å²) >= 11 is 5.88. The number of hydrogen-bond donors (Lipinski definition) is 0. The number of hydrogen-bond acceptors (Lipinski definition) is 1.